The molecule has 1 heteroatoms. The lowest BCUT2D eigenvalue weighted by molar-refractivity contribution is 0.280. The van der Waals surface area contributed by atoms with Crippen molar-refractivity contribution in [1.29, 1.82) is 0 Å². The minimum absolute atomic E-state index is 0.836. The van der Waals surface area contributed by atoms with Gasteiger partial charge in [-0.3, -0.25) is 0 Å². The second-order valence-corrected chi connectivity index (χ2v) is 5.03. The Labute approximate surface area is 90.7 Å². The first-order chi connectivity index (χ1) is 6.61. The molecular formula is C13H29N. The second-order valence-electron chi connectivity index (χ2n) is 5.03. The van der Waals surface area contributed by atoms with Crippen molar-refractivity contribution >= 4 is 0 Å². The number of rotatable bonds is 8. The summed E-state index contributed by atoms with van der Waals surface area (Å²) in [5.41, 5.74) is 0. The average molecular weight is 199 g/mol. The highest BCUT2D eigenvalue weighted by Crippen LogP contribution is 2.25. The fourth-order valence-corrected chi connectivity index (χ4v) is 2.18. The third-order valence-corrected chi connectivity index (χ3v) is 3.19. The molecule has 86 valence electrons. The first-order valence-corrected chi connectivity index (χ1v) is 6.26. The Balaban J connectivity index is 3.82. The Morgan fingerprint density at radius 2 is 1.71 bits per heavy atom. The fraction of sp³-hybridized carbons (Fsp3) is 1.00. The standard InChI is InChI=1S/C13H29N/c1-6-7-12(4)10-13(11(2)3)8-9-14-5/h11-14H,6-10H2,1-5H3/t12-,13-/m1/s1. The van der Waals surface area contributed by atoms with Gasteiger partial charge in [-0.1, -0.05) is 40.5 Å². The van der Waals surface area contributed by atoms with Crippen LogP contribution in [0.1, 0.15) is 53.4 Å². The van der Waals surface area contributed by atoms with E-state index in [1.165, 1.54) is 32.2 Å². The van der Waals surface area contributed by atoms with Crippen LogP contribution in [0.15, 0.2) is 0 Å². The van der Waals surface area contributed by atoms with Crippen molar-refractivity contribution in [2.24, 2.45) is 17.8 Å². The molecule has 0 unspecified atom stereocenters. The van der Waals surface area contributed by atoms with Crippen molar-refractivity contribution < 1.29 is 0 Å². The highest BCUT2D eigenvalue weighted by atomic mass is 14.8. The number of hydrogen-bond donors (Lipinski definition) is 1. The maximum absolute atomic E-state index is 3.26. The number of hydrogen-bond acceptors (Lipinski definition) is 1. The van der Waals surface area contributed by atoms with Crippen molar-refractivity contribution in [1.82, 2.24) is 5.32 Å². The van der Waals surface area contributed by atoms with Gasteiger partial charge >= 0.3 is 0 Å². The largest absolute Gasteiger partial charge is 0.320 e. The van der Waals surface area contributed by atoms with E-state index in [-0.39, 0.29) is 0 Å². The SMILES string of the molecule is CCC[C@@H](C)C[C@@H](CCNC)C(C)C. The quantitative estimate of drug-likeness (QED) is 0.628. The van der Waals surface area contributed by atoms with E-state index in [1.54, 1.807) is 0 Å². The Morgan fingerprint density at radius 3 is 2.14 bits per heavy atom. The third kappa shape index (κ3) is 6.42. The monoisotopic (exact) mass is 199 g/mol. The molecule has 0 saturated heterocycles. The Hall–Kier alpha value is -0.0400. The zero-order valence-corrected chi connectivity index (χ0v) is 10.8. The predicted molar refractivity (Wildman–Crippen MR) is 65.6 cm³/mol. The van der Waals surface area contributed by atoms with Crippen molar-refractivity contribution in [3.63, 3.8) is 0 Å². The van der Waals surface area contributed by atoms with Crippen LogP contribution in [0, 0.1) is 17.8 Å². The molecule has 0 aromatic rings. The summed E-state index contributed by atoms with van der Waals surface area (Å²) >= 11 is 0. The Bertz CT molecular complexity index is 120. The van der Waals surface area contributed by atoms with E-state index in [1.807, 2.05) is 7.05 Å². The van der Waals surface area contributed by atoms with Crippen LogP contribution in [0.3, 0.4) is 0 Å². The lowest BCUT2D eigenvalue weighted by Gasteiger charge is -2.24. The molecule has 2 atom stereocenters. The van der Waals surface area contributed by atoms with Gasteiger partial charge in [0.25, 0.3) is 0 Å². The van der Waals surface area contributed by atoms with Crippen molar-refractivity contribution in [2.75, 3.05) is 13.6 Å². The van der Waals surface area contributed by atoms with Gasteiger partial charge < -0.3 is 5.32 Å². The molecule has 0 fully saturated rings. The molecule has 0 amide bonds. The van der Waals surface area contributed by atoms with Gasteiger partial charge in [0.15, 0.2) is 0 Å². The Morgan fingerprint density at radius 1 is 1.07 bits per heavy atom. The van der Waals surface area contributed by atoms with E-state index in [2.05, 4.69) is 33.0 Å². The minimum atomic E-state index is 0.836. The van der Waals surface area contributed by atoms with Crippen molar-refractivity contribution in [3.8, 4) is 0 Å². The molecule has 0 aliphatic heterocycles. The van der Waals surface area contributed by atoms with Gasteiger partial charge in [-0.25, -0.2) is 0 Å². The third-order valence-electron chi connectivity index (χ3n) is 3.19. The van der Waals surface area contributed by atoms with Crippen molar-refractivity contribution in [2.45, 2.75) is 53.4 Å². The summed E-state index contributed by atoms with van der Waals surface area (Å²) in [6.07, 6.45) is 5.47. The fourth-order valence-electron chi connectivity index (χ4n) is 2.18. The highest BCUT2D eigenvalue weighted by Gasteiger charge is 2.15. The molecule has 0 aromatic heterocycles. The summed E-state index contributed by atoms with van der Waals surface area (Å²) in [6, 6.07) is 0. The van der Waals surface area contributed by atoms with Crippen LogP contribution in [-0.4, -0.2) is 13.6 Å². The molecule has 0 aliphatic carbocycles. The smallest absolute Gasteiger partial charge is 0.00492 e. The first-order valence-electron chi connectivity index (χ1n) is 6.26. The van der Waals surface area contributed by atoms with Crippen LogP contribution in [0.4, 0.5) is 0 Å². The summed E-state index contributed by atoms with van der Waals surface area (Å²) in [5, 5.41) is 3.26. The van der Waals surface area contributed by atoms with E-state index < -0.39 is 0 Å². The normalized spacial score (nSPS) is 15.9. The van der Waals surface area contributed by atoms with Crippen molar-refractivity contribution in [3.05, 3.63) is 0 Å². The maximum atomic E-state index is 3.26. The first kappa shape index (κ1) is 14.0. The van der Waals surface area contributed by atoms with E-state index in [4.69, 9.17) is 0 Å². The molecule has 0 saturated carbocycles. The van der Waals surface area contributed by atoms with E-state index in [0.717, 1.165) is 17.8 Å². The average Bonchev–Trinajstić information content (AvgIpc) is 2.12. The summed E-state index contributed by atoms with van der Waals surface area (Å²) in [4.78, 5) is 0. The highest BCUT2D eigenvalue weighted by molar-refractivity contribution is 4.67. The molecule has 0 radical (unpaired) electrons. The summed E-state index contributed by atoms with van der Waals surface area (Å²) in [7, 11) is 2.05. The second kappa shape index (κ2) is 8.28. The van der Waals surface area contributed by atoms with Crippen LogP contribution >= 0.6 is 0 Å². The molecule has 0 rings (SSSR count). The summed E-state index contributed by atoms with van der Waals surface area (Å²) in [6.45, 7) is 10.6. The summed E-state index contributed by atoms with van der Waals surface area (Å²) in [5.74, 6) is 2.65. The zero-order valence-electron chi connectivity index (χ0n) is 10.8. The van der Waals surface area contributed by atoms with Crippen LogP contribution in [0.5, 0.6) is 0 Å². The molecule has 0 heterocycles. The molecule has 0 spiro atoms. The van der Waals surface area contributed by atoms with Gasteiger partial charge in [-0.05, 0) is 44.2 Å². The summed E-state index contributed by atoms with van der Waals surface area (Å²) < 4.78 is 0. The van der Waals surface area contributed by atoms with Gasteiger partial charge in [0.2, 0.25) is 0 Å². The van der Waals surface area contributed by atoms with Crippen LogP contribution in [0.25, 0.3) is 0 Å². The minimum Gasteiger partial charge on any atom is -0.320 e. The molecule has 0 aliphatic rings. The van der Waals surface area contributed by atoms with Gasteiger partial charge in [-0.15, -0.1) is 0 Å². The molecule has 0 bridgehead atoms. The van der Waals surface area contributed by atoms with Gasteiger partial charge in [0.1, 0.15) is 0 Å². The van der Waals surface area contributed by atoms with Crippen LogP contribution in [-0.2, 0) is 0 Å². The van der Waals surface area contributed by atoms with Gasteiger partial charge in [0, 0.05) is 0 Å². The molecule has 1 N–H and O–H groups in total. The van der Waals surface area contributed by atoms with Crippen LogP contribution < -0.4 is 5.32 Å². The topological polar surface area (TPSA) is 12.0 Å². The van der Waals surface area contributed by atoms with E-state index >= 15 is 0 Å². The Kier molecular flexibility index (Phi) is 8.26. The number of nitrogens with one attached hydrogen (secondary N) is 1. The van der Waals surface area contributed by atoms with Gasteiger partial charge in [0.05, 0.1) is 0 Å². The molecule has 14 heavy (non-hydrogen) atoms. The molecule has 0 aromatic carbocycles. The molecule has 1 nitrogen and oxygen atoms in total. The predicted octanol–water partition coefficient (Wildman–Crippen LogP) is 3.69. The van der Waals surface area contributed by atoms with E-state index in [0.29, 0.717) is 0 Å². The van der Waals surface area contributed by atoms with Crippen LogP contribution in [0.2, 0.25) is 0 Å². The lowest BCUT2D eigenvalue weighted by Crippen LogP contribution is -2.19. The maximum Gasteiger partial charge on any atom is -0.00492 e. The van der Waals surface area contributed by atoms with E-state index in [9.17, 15) is 0 Å². The zero-order chi connectivity index (χ0) is 11.0. The van der Waals surface area contributed by atoms with Gasteiger partial charge in [-0.2, -0.15) is 0 Å². The molecular weight excluding hydrogens is 170 g/mol. The lowest BCUT2D eigenvalue weighted by atomic mass is 9.83.